The van der Waals surface area contributed by atoms with Crippen LogP contribution in [0.1, 0.15) is 27.0 Å². The lowest BCUT2D eigenvalue weighted by Gasteiger charge is -2.08. The van der Waals surface area contributed by atoms with Gasteiger partial charge in [-0.1, -0.05) is 24.3 Å². The molecule has 2 heterocycles. The first kappa shape index (κ1) is 18.0. The van der Waals surface area contributed by atoms with Crippen LogP contribution in [0.5, 0.6) is 5.75 Å². The van der Waals surface area contributed by atoms with Crippen LogP contribution in [0.15, 0.2) is 73.2 Å². The summed E-state index contributed by atoms with van der Waals surface area (Å²) in [4.78, 5) is 16.8. The summed E-state index contributed by atoms with van der Waals surface area (Å²) >= 11 is 0. The van der Waals surface area contributed by atoms with E-state index >= 15 is 0 Å². The van der Waals surface area contributed by atoms with Gasteiger partial charge in [-0.15, -0.1) is 0 Å². The third kappa shape index (κ3) is 3.67. The fourth-order valence-electron chi connectivity index (χ4n) is 3.50. The van der Waals surface area contributed by atoms with Crippen molar-refractivity contribution >= 4 is 16.7 Å². The molecule has 0 spiro atoms. The van der Waals surface area contributed by atoms with Crippen LogP contribution in [0, 0.1) is 6.92 Å². The van der Waals surface area contributed by atoms with Crippen molar-refractivity contribution in [2.75, 3.05) is 7.11 Å². The molecule has 0 fully saturated rings. The van der Waals surface area contributed by atoms with Crippen molar-refractivity contribution in [1.82, 2.24) is 9.55 Å². The van der Waals surface area contributed by atoms with Crippen LogP contribution >= 0.6 is 0 Å². The number of benzene rings is 2. The van der Waals surface area contributed by atoms with Gasteiger partial charge in [-0.05, 0) is 53.9 Å². The monoisotopic (exact) mass is 370 g/mol. The highest BCUT2D eigenvalue weighted by Crippen LogP contribution is 2.24. The Morgan fingerprint density at radius 2 is 1.75 bits per heavy atom. The van der Waals surface area contributed by atoms with Gasteiger partial charge in [-0.25, -0.2) is 0 Å². The zero-order valence-electron chi connectivity index (χ0n) is 16.1. The van der Waals surface area contributed by atoms with Gasteiger partial charge < -0.3 is 9.30 Å². The Morgan fingerprint density at radius 1 is 1.00 bits per heavy atom. The number of ether oxygens (including phenoxy) is 1. The smallest absolute Gasteiger partial charge is 0.167 e. The van der Waals surface area contributed by atoms with E-state index in [1.54, 1.807) is 19.5 Å². The van der Waals surface area contributed by atoms with Gasteiger partial charge >= 0.3 is 0 Å². The molecule has 4 heteroatoms. The Hall–Kier alpha value is -3.40. The average Bonchev–Trinajstić information content (AvgIpc) is 3.04. The van der Waals surface area contributed by atoms with Gasteiger partial charge in [0, 0.05) is 48.0 Å². The Labute approximate surface area is 164 Å². The van der Waals surface area contributed by atoms with E-state index in [1.165, 1.54) is 16.5 Å². The number of fused-ring (bicyclic) bond motifs is 1. The maximum Gasteiger partial charge on any atom is 0.167 e. The van der Waals surface area contributed by atoms with Crippen molar-refractivity contribution in [2.45, 2.75) is 19.9 Å². The van der Waals surface area contributed by atoms with Crippen LogP contribution in [0.2, 0.25) is 0 Å². The SMILES string of the molecule is COc1ccc(Cn2cc(C)c3ccc(C(=O)Cc4ccncc4)cc32)cc1. The zero-order valence-corrected chi connectivity index (χ0v) is 16.1. The number of aromatic nitrogens is 2. The van der Waals surface area contributed by atoms with E-state index in [2.05, 4.69) is 40.9 Å². The molecule has 0 aliphatic heterocycles. The number of aryl methyl sites for hydroxylation is 1. The number of pyridine rings is 1. The molecule has 28 heavy (non-hydrogen) atoms. The molecule has 0 unspecified atom stereocenters. The molecule has 0 atom stereocenters. The summed E-state index contributed by atoms with van der Waals surface area (Å²) in [5.41, 5.74) is 5.18. The minimum atomic E-state index is 0.114. The summed E-state index contributed by atoms with van der Waals surface area (Å²) in [5, 5.41) is 1.17. The minimum absolute atomic E-state index is 0.114. The molecule has 0 N–H and O–H groups in total. The van der Waals surface area contributed by atoms with Gasteiger partial charge in [0.2, 0.25) is 0 Å². The average molecular weight is 370 g/mol. The number of hydrogen-bond donors (Lipinski definition) is 0. The number of carbonyl (C=O) groups is 1. The largest absolute Gasteiger partial charge is 0.497 e. The number of nitrogens with zero attached hydrogens (tertiary/aromatic N) is 2. The normalized spacial score (nSPS) is 10.9. The van der Waals surface area contributed by atoms with Crippen molar-refractivity contribution in [3.63, 3.8) is 0 Å². The number of hydrogen-bond acceptors (Lipinski definition) is 3. The molecule has 0 bridgehead atoms. The van der Waals surface area contributed by atoms with Crippen molar-refractivity contribution in [2.24, 2.45) is 0 Å². The maximum absolute atomic E-state index is 12.8. The standard InChI is InChI=1S/C24H22N2O2/c1-17-15-26(16-19-3-6-21(28-2)7-4-19)23-14-20(5-8-22(17)23)24(27)13-18-9-11-25-12-10-18/h3-12,14-15H,13,16H2,1-2H3. The van der Waals surface area contributed by atoms with E-state index in [0.29, 0.717) is 6.42 Å². The topological polar surface area (TPSA) is 44.1 Å². The summed E-state index contributed by atoms with van der Waals surface area (Å²) < 4.78 is 7.44. The van der Waals surface area contributed by atoms with E-state index in [9.17, 15) is 4.79 Å². The predicted octanol–water partition coefficient (Wildman–Crippen LogP) is 4.83. The lowest BCUT2D eigenvalue weighted by atomic mass is 10.0. The zero-order chi connectivity index (χ0) is 19.5. The Balaban J connectivity index is 1.64. The molecule has 2 aromatic carbocycles. The molecule has 4 rings (SSSR count). The number of Topliss-reactive ketones (excluding diaryl/α,β-unsaturated/α-hetero) is 1. The highest BCUT2D eigenvalue weighted by Gasteiger charge is 2.12. The second kappa shape index (κ2) is 7.69. The highest BCUT2D eigenvalue weighted by molar-refractivity contribution is 6.01. The van der Waals surface area contributed by atoms with Crippen LogP contribution < -0.4 is 4.74 Å². The third-order valence-electron chi connectivity index (χ3n) is 5.03. The third-order valence-corrected chi connectivity index (χ3v) is 5.03. The second-order valence-corrected chi connectivity index (χ2v) is 6.98. The van der Waals surface area contributed by atoms with Crippen molar-refractivity contribution in [3.8, 4) is 5.75 Å². The lowest BCUT2D eigenvalue weighted by Crippen LogP contribution is -2.04. The van der Waals surface area contributed by atoms with Crippen LogP contribution in [-0.2, 0) is 13.0 Å². The Kier molecular flexibility index (Phi) is 4.94. The molecule has 0 saturated heterocycles. The fraction of sp³-hybridized carbons (Fsp3) is 0.167. The summed E-state index contributed by atoms with van der Waals surface area (Å²) in [7, 11) is 1.67. The molecule has 0 aliphatic carbocycles. The predicted molar refractivity (Wildman–Crippen MR) is 111 cm³/mol. The molecular weight excluding hydrogens is 348 g/mol. The molecule has 140 valence electrons. The lowest BCUT2D eigenvalue weighted by molar-refractivity contribution is 0.0993. The number of carbonyl (C=O) groups excluding carboxylic acids is 1. The summed E-state index contributed by atoms with van der Waals surface area (Å²) in [5.74, 6) is 0.962. The first-order chi connectivity index (χ1) is 13.6. The first-order valence-corrected chi connectivity index (χ1v) is 9.28. The molecule has 0 amide bonds. The molecule has 4 aromatic rings. The molecular formula is C24H22N2O2. The first-order valence-electron chi connectivity index (χ1n) is 9.28. The van der Waals surface area contributed by atoms with Crippen molar-refractivity contribution in [3.05, 3.63) is 95.4 Å². The maximum atomic E-state index is 12.8. The highest BCUT2D eigenvalue weighted by atomic mass is 16.5. The Bertz CT molecular complexity index is 1110. The quantitative estimate of drug-likeness (QED) is 0.457. The van der Waals surface area contributed by atoms with Gasteiger partial charge in [0.1, 0.15) is 5.75 Å². The van der Waals surface area contributed by atoms with Gasteiger partial charge in [0.15, 0.2) is 5.78 Å². The molecule has 4 nitrogen and oxygen atoms in total. The van der Waals surface area contributed by atoms with E-state index in [4.69, 9.17) is 4.74 Å². The fourth-order valence-corrected chi connectivity index (χ4v) is 3.50. The van der Waals surface area contributed by atoms with Gasteiger partial charge in [0.25, 0.3) is 0 Å². The van der Waals surface area contributed by atoms with Gasteiger partial charge in [0.05, 0.1) is 7.11 Å². The molecule has 2 aromatic heterocycles. The molecule has 0 aliphatic rings. The van der Waals surface area contributed by atoms with Crippen LogP contribution in [0.3, 0.4) is 0 Å². The summed E-state index contributed by atoms with van der Waals surface area (Å²) in [6.45, 7) is 2.85. The number of methoxy groups -OCH3 is 1. The molecule has 0 saturated carbocycles. The summed E-state index contributed by atoms with van der Waals surface area (Å²) in [6, 6.07) is 17.8. The number of rotatable bonds is 6. The van der Waals surface area contributed by atoms with Crippen LogP contribution in [-0.4, -0.2) is 22.4 Å². The van der Waals surface area contributed by atoms with E-state index in [0.717, 1.165) is 28.9 Å². The number of ketones is 1. The van der Waals surface area contributed by atoms with Crippen LogP contribution in [0.25, 0.3) is 10.9 Å². The molecule has 0 radical (unpaired) electrons. The van der Waals surface area contributed by atoms with Crippen LogP contribution in [0.4, 0.5) is 0 Å². The van der Waals surface area contributed by atoms with Gasteiger partial charge in [-0.2, -0.15) is 0 Å². The van der Waals surface area contributed by atoms with E-state index in [-0.39, 0.29) is 5.78 Å². The summed E-state index contributed by atoms with van der Waals surface area (Å²) in [6.07, 6.45) is 5.96. The Morgan fingerprint density at radius 3 is 2.46 bits per heavy atom. The minimum Gasteiger partial charge on any atom is -0.497 e. The van der Waals surface area contributed by atoms with Gasteiger partial charge in [-0.3, -0.25) is 9.78 Å². The van der Waals surface area contributed by atoms with E-state index < -0.39 is 0 Å². The van der Waals surface area contributed by atoms with Crippen molar-refractivity contribution in [1.29, 1.82) is 0 Å². The van der Waals surface area contributed by atoms with Crippen molar-refractivity contribution < 1.29 is 9.53 Å². The second-order valence-electron chi connectivity index (χ2n) is 6.98. The van der Waals surface area contributed by atoms with E-state index in [1.807, 2.05) is 36.4 Å².